The molecule has 0 spiro atoms. The third-order valence-electron chi connectivity index (χ3n) is 7.55. The van der Waals surface area contributed by atoms with Crippen molar-refractivity contribution in [1.29, 1.82) is 0 Å². The van der Waals surface area contributed by atoms with E-state index in [4.69, 9.17) is 11.6 Å². The van der Waals surface area contributed by atoms with Gasteiger partial charge in [0.15, 0.2) is 0 Å². The molecular weight excluding hydrogens is 558 g/mol. The lowest BCUT2D eigenvalue weighted by molar-refractivity contribution is -0.140. The van der Waals surface area contributed by atoms with Crippen LogP contribution in [0.25, 0.3) is 0 Å². The van der Waals surface area contributed by atoms with E-state index < -0.39 is 28.5 Å². The van der Waals surface area contributed by atoms with E-state index in [0.29, 0.717) is 17.1 Å². The van der Waals surface area contributed by atoms with Crippen molar-refractivity contribution >= 4 is 39.1 Å². The van der Waals surface area contributed by atoms with E-state index in [1.807, 2.05) is 61.5 Å². The molecule has 0 bridgehead atoms. The number of sulfonamides is 1. The van der Waals surface area contributed by atoms with Crippen LogP contribution in [0.2, 0.25) is 5.02 Å². The van der Waals surface area contributed by atoms with Gasteiger partial charge in [0.25, 0.3) is 0 Å². The van der Waals surface area contributed by atoms with Gasteiger partial charge in [0, 0.05) is 24.0 Å². The van der Waals surface area contributed by atoms with Gasteiger partial charge in [0.1, 0.15) is 12.6 Å². The van der Waals surface area contributed by atoms with Crippen LogP contribution in [0.15, 0.2) is 78.9 Å². The summed E-state index contributed by atoms with van der Waals surface area (Å²) in [5.41, 5.74) is 3.15. The van der Waals surface area contributed by atoms with Crippen molar-refractivity contribution in [2.24, 2.45) is 0 Å². The summed E-state index contributed by atoms with van der Waals surface area (Å²) in [6, 6.07) is 23.0. The zero-order valence-corrected chi connectivity index (χ0v) is 25.2. The number of carbonyl (C=O) groups is 2. The first-order valence-corrected chi connectivity index (χ1v) is 16.3. The standard InChI is InChI=1S/C32H38ClN3O4S/c1-3-24-15-19-29(20-16-24)36(41(2,39)40)23-31(37)35(22-26-13-17-27(33)18-14-26)30(21-25-9-5-4-6-10-25)32(38)34-28-11-7-8-12-28/h4-6,9-10,13-20,28,30H,3,7-8,11-12,21-23H2,1-2H3,(H,34,38)/t30-/m1/s1. The number of hydrogen-bond acceptors (Lipinski definition) is 4. The van der Waals surface area contributed by atoms with Crippen LogP contribution in [0.1, 0.15) is 49.3 Å². The Hall–Kier alpha value is -3.36. The third-order valence-corrected chi connectivity index (χ3v) is 8.94. The highest BCUT2D eigenvalue weighted by Crippen LogP contribution is 2.23. The molecule has 0 radical (unpaired) electrons. The number of anilines is 1. The summed E-state index contributed by atoms with van der Waals surface area (Å²) in [6.45, 7) is 1.71. The molecule has 1 aliphatic rings. The van der Waals surface area contributed by atoms with Gasteiger partial charge in [-0.3, -0.25) is 13.9 Å². The second-order valence-corrected chi connectivity index (χ2v) is 13.0. The molecule has 41 heavy (non-hydrogen) atoms. The van der Waals surface area contributed by atoms with Crippen LogP contribution in [0.5, 0.6) is 0 Å². The zero-order chi connectivity index (χ0) is 29.4. The molecule has 0 unspecified atom stereocenters. The average molecular weight is 596 g/mol. The monoisotopic (exact) mass is 595 g/mol. The topological polar surface area (TPSA) is 86.8 Å². The number of halogens is 1. The quantitative estimate of drug-likeness (QED) is 0.305. The predicted octanol–water partition coefficient (Wildman–Crippen LogP) is 5.37. The largest absolute Gasteiger partial charge is 0.352 e. The maximum atomic E-state index is 14.2. The van der Waals surface area contributed by atoms with Gasteiger partial charge >= 0.3 is 0 Å². The maximum absolute atomic E-state index is 14.2. The highest BCUT2D eigenvalue weighted by atomic mass is 35.5. The molecule has 1 saturated carbocycles. The molecule has 218 valence electrons. The first-order valence-electron chi connectivity index (χ1n) is 14.1. The van der Waals surface area contributed by atoms with Gasteiger partial charge in [-0.2, -0.15) is 0 Å². The van der Waals surface area contributed by atoms with Gasteiger partial charge in [-0.25, -0.2) is 8.42 Å². The smallest absolute Gasteiger partial charge is 0.244 e. The average Bonchev–Trinajstić information content (AvgIpc) is 3.47. The van der Waals surface area contributed by atoms with E-state index in [9.17, 15) is 18.0 Å². The molecule has 0 aliphatic heterocycles. The SMILES string of the molecule is CCc1ccc(N(CC(=O)N(Cc2ccc(Cl)cc2)[C@H](Cc2ccccc2)C(=O)NC2CCCC2)S(C)(=O)=O)cc1. The molecule has 4 rings (SSSR count). The number of carbonyl (C=O) groups excluding carboxylic acids is 2. The van der Waals surface area contributed by atoms with E-state index in [0.717, 1.165) is 59.4 Å². The Kier molecular flexibility index (Phi) is 10.5. The summed E-state index contributed by atoms with van der Waals surface area (Å²) >= 11 is 6.12. The fourth-order valence-corrected chi connectivity index (χ4v) is 6.20. The zero-order valence-electron chi connectivity index (χ0n) is 23.6. The summed E-state index contributed by atoms with van der Waals surface area (Å²) in [5.74, 6) is -0.700. The van der Waals surface area contributed by atoms with Crippen molar-refractivity contribution in [3.05, 3.63) is 101 Å². The number of nitrogens with one attached hydrogen (secondary N) is 1. The second kappa shape index (κ2) is 14.0. The van der Waals surface area contributed by atoms with E-state index in [-0.39, 0.29) is 18.5 Å². The van der Waals surface area contributed by atoms with Crippen molar-refractivity contribution in [2.45, 2.75) is 64.1 Å². The summed E-state index contributed by atoms with van der Waals surface area (Å²) < 4.78 is 27.0. The minimum absolute atomic E-state index is 0.0675. The Bertz CT molecular complexity index is 1410. The Balaban J connectivity index is 1.71. The van der Waals surface area contributed by atoms with Crippen LogP contribution in [-0.2, 0) is 39.0 Å². The number of rotatable bonds is 12. The number of aryl methyl sites for hydroxylation is 1. The number of hydrogen-bond donors (Lipinski definition) is 1. The molecule has 1 N–H and O–H groups in total. The lowest BCUT2D eigenvalue weighted by Crippen LogP contribution is -2.54. The predicted molar refractivity (Wildman–Crippen MR) is 164 cm³/mol. The van der Waals surface area contributed by atoms with Crippen LogP contribution in [-0.4, -0.2) is 50.0 Å². The molecule has 7 nitrogen and oxygen atoms in total. The highest BCUT2D eigenvalue weighted by molar-refractivity contribution is 7.92. The molecule has 1 atom stereocenters. The van der Waals surface area contributed by atoms with Crippen LogP contribution in [0.4, 0.5) is 5.69 Å². The fourth-order valence-electron chi connectivity index (χ4n) is 5.22. The first kappa shape index (κ1) is 30.6. The number of nitrogens with zero attached hydrogens (tertiary/aromatic N) is 2. The Morgan fingerprint density at radius 1 is 0.902 bits per heavy atom. The molecule has 1 fully saturated rings. The Labute approximate surface area is 248 Å². The van der Waals surface area contributed by atoms with Crippen molar-refractivity contribution in [2.75, 3.05) is 17.1 Å². The molecule has 0 saturated heterocycles. The lowest BCUT2D eigenvalue weighted by atomic mass is 10.0. The Morgan fingerprint density at radius 2 is 1.51 bits per heavy atom. The van der Waals surface area contributed by atoms with Gasteiger partial charge in [-0.15, -0.1) is 0 Å². The van der Waals surface area contributed by atoms with Gasteiger partial charge in [0.05, 0.1) is 11.9 Å². The molecule has 3 aromatic carbocycles. The third kappa shape index (κ3) is 8.57. The fraction of sp³-hybridized carbons (Fsp3) is 0.375. The number of benzene rings is 3. The van der Waals surface area contributed by atoms with E-state index in [2.05, 4.69) is 5.32 Å². The summed E-state index contributed by atoms with van der Waals surface area (Å²) in [5, 5.41) is 3.73. The molecule has 1 aliphatic carbocycles. The van der Waals surface area contributed by atoms with Gasteiger partial charge in [-0.05, 0) is 60.2 Å². The highest BCUT2D eigenvalue weighted by Gasteiger charge is 2.34. The van der Waals surface area contributed by atoms with Crippen LogP contribution < -0.4 is 9.62 Å². The van der Waals surface area contributed by atoms with E-state index in [1.54, 1.807) is 24.3 Å². The maximum Gasteiger partial charge on any atom is 0.244 e. The minimum Gasteiger partial charge on any atom is -0.352 e. The van der Waals surface area contributed by atoms with Gasteiger partial charge < -0.3 is 10.2 Å². The van der Waals surface area contributed by atoms with Crippen LogP contribution >= 0.6 is 11.6 Å². The number of amides is 2. The summed E-state index contributed by atoms with van der Waals surface area (Å²) in [7, 11) is -3.80. The molecule has 3 aromatic rings. The van der Waals surface area contributed by atoms with Gasteiger partial charge in [-0.1, -0.05) is 86.0 Å². The molecule has 2 amide bonds. The molecule has 9 heteroatoms. The lowest BCUT2D eigenvalue weighted by Gasteiger charge is -2.34. The first-order chi connectivity index (χ1) is 19.6. The van der Waals surface area contributed by atoms with E-state index in [1.165, 1.54) is 4.90 Å². The normalized spacial score (nSPS) is 14.4. The van der Waals surface area contributed by atoms with Crippen LogP contribution in [0, 0.1) is 0 Å². The summed E-state index contributed by atoms with van der Waals surface area (Å²) in [4.78, 5) is 29.5. The van der Waals surface area contributed by atoms with Gasteiger partial charge in [0.2, 0.25) is 21.8 Å². The summed E-state index contributed by atoms with van der Waals surface area (Å²) in [6.07, 6.45) is 6.12. The van der Waals surface area contributed by atoms with Crippen molar-refractivity contribution < 1.29 is 18.0 Å². The molecule has 0 heterocycles. The van der Waals surface area contributed by atoms with Crippen LogP contribution in [0.3, 0.4) is 0 Å². The second-order valence-electron chi connectivity index (χ2n) is 10.6. The van der Waals surface area contributed by atoms with Crippen molar-refractivity contribution in [1.82, 2.24) is 10.2 Å². The Morgan fingerprint density at radius 3 is 2.10 bits per heavy atom. The molecular formula is C32H38ClN3O4S. The minimum atomic E-state index is -3.80. The van der Waals surface area contributed by atoms with Crippen molar-refractivity contribution in [3.8, 4) is 0 Å². The van der Waals surface area contributed by atoms with Crippen molar-refractivity contribution in [3.63, 3.8) is 0 Å². The molecule has 0 aromatic heterocycles. The van der Waals surface area contributed by atoms with E-state index >= 15 is 0 Å².